The number of carbonyl (C=O) groups excluding carboxylic acids is 1. The monoisotopic (exact) mass is 247 g/mol. The first-order valence-corrected chi connectivity index (χ1v) is 5.32. The van der Waals surface area contributed by atoms with Crippen molar-refractivity contribution in [3.8, 4) is 0 Å². The smallest absolute Gasteiger partial charge is 0.220 e. The second-order valence-electron chi connectivity index (χ2n) is 3.28. The molecule has 0 aromatic rings. The topological polar surface area (TPSA) is 38.3 Å². The van der Waals surface area contributed by atoms with E-state index in [0.717, 1.165) is 13.0 Å². The molecule has 3 nitrogen and oxygen atoms in total. The zero-order valence-corrected chi connectivity index (χ0v) is 10.1. The van der Waals surface area contributed by atoms with E-state index in [2.05, 4.69) is 21.2 Å². The van der Waals surface area contributed by atoms with Crippen molar-refractivity contribution in [2.45, 2.75) is 17.5 Å². The summed E-state index contributed by atoms with van der Waals surface area (Å²) in [7, 11) is 3.65. The van der Waals surface area contributed by atoms with Gasteiger partial charge in [-0.25, -0.2) is 0 Å². The number of carbonyl (C=O) groups is 1. The number of hydrogen-bond acceptors (Lipinski definition) is 2. The van der Waals surface area contributed by atoms with Crippen LogP contribution in [0.15, 0.2) is 0 Å². The first-order chi connectivity index (χ1) is 5.98. The van der Waals surface area contributed by atoms with Crippen LogP contribution in [-0.2, 0) is 9.53 Å². The van der Waals surface area contributed by atoms with Gasteiger partial charge < -0.3 is 10.1 Å². The number of hydrogen-bond donors (Lipinski definition) is 1. The molecule has 0 bridgehead atoms. The van der Waals surface area contributed by atoms with E-state index in [0.29, 0.717) is 13.2 Å². The number of rotatable bonds is 6. The molecule has 0 rings (SSSR count). The lowest BCUT2D eigenvalue weighted by atomic mass is 9.70. The maximum atomic E-state index is 11.3. The van der Waals surface area contributed by atoms with Gasteiger partial charge in [-0.05, 0) is 13.3 Å². The third-order valence-corrected chi connectivity index (χ3v) is 1.86. The van der Waals surface area contributed by atoms with Gasteiger partial charge in [-0.15, -0.1) is 0 Å². The molecule has 6 heteroatoms. The van der Waals surface area contributed by atoms with Crippen LogP contribution in [0.25, 0.3) is 0 Å². The molecule has 74 valence electrons. The summed E-state index contributed by atoms with van der Waals surface area (Å²) in [5.74, 6) is 0.0176. The minimum atomic E-state index is -0.474. The normalized spacial score (nSPS) is 11.2. The highest BCUT2D eigenvalue weighted by molar-refractivity contribution is 9.11. The molecule has 0 saturated heterocycles. The molecule has 0 radical (unpaired) electrons. The molecule has 1 N–H and O–H groups in total. The quantitative estimate of drug-likeness (QED) is 0.366. The molecule has 0 aromatic carbocycles. The van der Waals surface area contributed by atoms with E-state index < -0.39 is 4.12 Å². The van der Waals surface area contributed by atoms with E-state index in [-0.39, 0.29) is 5.91 Å². The number of ether oxygens (including phenoxy) is 1. The van der Waals surface area contributed by atoms with Gasteiger partial charge in [0.2, 0.25) is 5.91 Å². The van der Waals surface area contributed by atoms with Gasteiger partial charge in [0.1, 0.15) is 15.7 Å². The molecule has 0 aromatic heterocycles. The lowest BCUT2D eigenvalue weighted by Gasteiger charge is -2.15. The van der Waals surface area contributed by atoms with E-state index >= 15 is 0 Å². The minimum Gasteiger partial charge on any atom is -0.382 e. The predicted octanol–water partition coefficient (Wildman–Crippen LogP) is -1.16. The Kier molecular flexibility index (Phi) is 6.51. The van der Waals surface area contributed by atoms with Gasteiger partial charge in [0.25, 0.3) is 0 Å². The van der Waals surface area contributed by atoms with Crippen LogP contribution in [0.3, 0.4) is 0 Å². The average Bonchev–Trinajstić information content (AvgIpc) is 2.02. The number of nitrogens with one attached hydrogen (secondary N) is 1. The Balaban J connectivity index is 3.38. The molecule has 0 unspecified atom stereocenters. The summed E-state index contributed by atoms with van der Waals surface area (Å²) >= 11 is 3.28. The highest BCUT2D eigenvalue weighted by Crippen LogP contribution is 2.06. The molecule has 0 spiro atoms. The summed E-state index contributed by atoms with van der Waals surface area (Å²) in [5.41, 5.74) is 0. The van der Waals surface area contributed by atoms with E-state index in [9.17, 15) is 4.79 Å². The number of alkyl halides is 1. The fourth-order valence-corrected chi connectivity index (χ4v) is 0.871. The Labute approximate surface area is 89.9 Å². The summed E-state index contributed by atoms with van der Waals surface area (Å²) in [6.07, 6.45) is 0.864. The van der Waals surface area contributed by atoms with Crippen molar-refractivity contribution >= 4 is 37.5 Å². The van der Waals surface area contributed by atoms with Gasteiger partial charge >= 0.3 is 0 Å². The third-order valence-electron chi connectivity index (χ3n) is 1.50. The molecular formula is C7H16B2BrNO2. The van der Waals surface area contributed by atoms with Crippen molar-refractivity contribution in [3.63, 3.8) is 0 Å². The van der Waals surface area contributed by atoms with Crippen molar-refractivity contribution in [2.75, 3.05) is 19.8 Å². The van der Waals surface area contributed by atoms with Crippen molar-refractivity contribution in [3.05, 3.63) is 0 Å². The Morgan fingerprint density at radius 3 is 2.69 bits per heavy atom. The largest absolute Gasteiger partial charge is 0.382 e. The SMILES string of the molecule is BC(B)(Br)C(=O)NCCCOCC. The number of halogens is 1. The summed E-state index contributed by atoms with van der Waals surface area (Å²) in [6, 6.07) is 0. The van der Waals surface area contributed by atoms with Crippen LogP contribution in [-0.4, -0.2) is 45.5 Å². The van der Waals surface area contributed by atoms with Crippen LogP contribution in [0.1, 0.15) is 13.3 Å². The number of amides is 1. The van der Waals surface area contributed by atoms with Crippen LogP contribution in [0.4, 0.5) is 0 Å². The second kappa shape index (κ2) is 6.49. The molecule has 0 heterocycles. The van der Waals surface area contributed by atoms with Gasteiger partial charge in [-0.1, -0.05) is 15.9 Å². The minimum absolute atomic E-state index is 0.0176. The molecule has 0 saturated carbocycles. The molecule has 0 atom stereocenters. The first-order valence-electron chi connectivity index (χ1n) is 4.53. The van der Waals surface area contributed by atoms with Crippen molar-refractivity contribution in [1.82, 2.24) is 5.32 Å². The molecule has 13 heavy (non-hydrogen) atoms. The van der Waals surface area contributed by atoms with Crippen LogP contribution in [0, 0.1) is 0 Å². The summed E-state index contributed by atoms with van der Waals surface area (Å²) in [6.45, 7) is 4.07. The average molecular weight is 248 g/mol. The third kappa shape index (κ3) is 7.14. The lowest BCUT2D eigenvalue weighted by molar-refractivity contribution is -0.120. The zero-order chi connectivity index (χ0) is 10.3. The fourth-order valence-electron chi connectivity index (χ4n) is 0.731. The summed E-state index contributed by atoms with van der Waals surface area (Å²) < 4.78 is 4.66. The zero-order valence-electron chi connectivity index (χ0n) is 8.52. The van der Waals surface area contributed by atoms with Crippen LogP contribution in [0.2, 0.25) is 0 Å². The molecule has 0 fully saturated rings. The van der Waals surface area contributed by atoms with Gasteiger partial charge in [-0.2, -0.15) is 0 Å². The Morgan fingerprint density at radius 2 is 2.23 bits per heavy atom. The van der Waals surface area contributed by atoms with E-state index in [1.807, 2.05) is 22.6 Å². The van der Waals surface area contributed by atoms with Crippen LogP contribution < -0.4 is 5.32 Å². The van der Waals surface area contributed by atoms with Crippen LogP contribution >= 0.6 is 15.9 Å². The Hall–Kier alpha value is 0.0399. The first kappa shape index (κ1) is 13.0. The molecular weight excluding hydrogens is 232 g/mol. The van der Waals surface area contributed by atoms with Gasteiger partial charge in [0.05, 0.1) is 0 Å². The summed E-state index contributed by atoms with van der Waals surface area (Å²) in [4.78, 5) is 11.3. The Morgan fingerprint density at radius 1 is 1.62 bits per heavy atom. The maximum Gasteiger partial charge on any atom is 0.220 e. The highest BCUT2D eigenvalue weighted by Gasteiger charge is 2.22. The van der Waals surface area contributed by atoms with Crippen molar-refractivity contribution in [1.29, 1.82) is 0 Å². The summed E-state index contributed by atoms with van der Waals surface area (Å²) in [5, 5.41) is 2.82. The van der Waals surface area contributed by atoms with Gasteiger partial charge in [0, 0.05) is 23.9 Å². The van der Waals surface area contributed by atoms with E-state index in [4.69, 9.17) is 4.74 Å². The van der Waals surface area contributed by atoms with Crippen molar-refractivity contribution < 1.29 is 9.53 Å². The molecule has 0 aliphatic heterocycles. The van der Waals surface area contributed by atoms with Gasteiger partial charge in [0.15, 0.2) is 0 Å². The fraction of sp³-hybridized carbons (Fsp3) is 0.857. The highest BCUT2D eigenvalue weighted by atomic mass is 79.9. The second-order valence-corrected chi connectivity index (χ2v) is 5.26. The van der Waals surface area contributed by atoms with E-state index in [1.54, 1.807) is 0 Å². The molecule has 0 aliphatic rings. The maximum absolute atomic E-state index is 11.3. The van der Waals surface area contributed by atoms with Crippen LogP contribution in [0.5, 0.6) is 0 Å². The van der Waals surface area contributed by atoms with Crippen molar-refractivity contribution in [2.24, 2.45) is 0 Å². The Bertz CT molecular complexity index is 161. The standard InChI is InChI=1S/C7H16B2BrNO2/c1-2-13-5-3-4-11-6(12)7(8,9)10/h2-5,8-9H2,1H3,(H,11,12). The lowest BCUT2D eigenvalue weighted by Crippen LogP contribution is -2.43. The van der Waals surface area contributed by atoms with Gasteiger partial charge in [-0.3, -0.25) is 4.79 Å². The molecule has 1 amide bonds. The van der Waals surface area contributed by atoms with E-state index in [1.165, 1.54) is 0 Å². The molecule has 0 aliphatic carbocycles. The predicted molar refractivity (Wildman–Crippen MR) is 62.9 cm³/mol.